The number of amides is 1. The Morgan fingerprint density at radius 3 is 2.79 bits per heavy atom. The molecular weight excluding hydrogens is 354 g/mol. The summed E-state index contributed by atoms with van der Waals surface area (Å²) in [5.74, 6) is 1.85. The number of oxazole rings is 1. The number of carbonyl (C=O) groups is 1. The Kier molecular flexibility index (Phi) is 3.75. The van der Waals surface area contributed by atoms with Gasteiger partial charge in [-0.15, -0.1) is 0 Å². The van der Waals surface area contributed by atoms with E-state index in [9.17, 15) is 4.79 Å². The number of nitrogens with zero attached hydrogens (tertiary/aromatic N) is 3. The molecule has 7 nitrogen and oxygen atoms in total. The predicted molar refractivity (Wildman–Crippen MR) is 108 cm³/mol. The Bertz CT molecular complexity index is 1230. The van der Waals surface area contributed by atoms with Crippen molar-refractivity contribution in [1.29, 1.82) is 0 Å². The van der Waals surface area contributed by atoms with Crippen molar-refractivity contribution in [3.63, 3.8) is 0 Å². The van der Waals surface area contributed by atoms with Crippen LogP contribution in [0.2, 0.25) is 0 Å². The van der Waals surface area contributed by atoms with Crippen molar-refractivity contribution >= 4 is 39.4 Å². The Labute approximate surface area is 161 Å². The van der Waals surface area contributed by atoms with Gasteiger partial charge in [0.2, 0.25) is 11.8 Å². The zero-order valence-corrected chi connectivity index (χ0v) is 15.6. The lowest BCUT2D eigenvalue weighted by Crippen LogP contribution is -2.14. The molecule has 0 aliphatic heterocycles. The monoisotopic (exact) mass is 373 g/mol. The second kappa shape index (κ2) is 6.30. The fourth-order valence-corrected chi connectivity index (χ4v) is 3.30. The highest BCUT2D eigenvalue weighted by atomic mass is 16.3. The minimum atomic E-state index is 0.0219. The van der Waals surface area contributed by atoms with Crippen LogP contribution in [0.5, 0.6) is 0 Å². The highest BCUT2D eigenvalue weighted by molar-refractivity contribution is 6.03. The normalized spacial score (nSPS) is 13.8. The molecule has 1 aliphatic carbocycles. The van der Waals surface area contributed by atoms with Crippen molar-refractivity contribution in [2.45, 2.75) is 19.8 Å². The van der Waals surface area contributed by atoms with E-state index in [0.29, 0.717) is 17.5 Å². The molecule has 0 radical (unpaired) electrons. The fourth-order valence-electron chi connectivity index (χ4n) is 3.30. The van der Waals surface area contributed by atoms with E-state index in [1.807, 2.05) is 38.2 Å². The van der Waals surface area contributed by atoms with Gasteiger partial charge in [0.25, 0.3) is 0 Å². The number of hydrogen-bond acceptors (Lipinski definition) is 6. The SMILES string of the molecule is CNc1ncc(-c2nc3cc(C)ccc3o2)c2cc(NC(=O)C3CC3)ncc12. The zero-order valence-electron chi connectivity index (χ0n) is 15.6. The predicted octanol–water partition coefficient (Wildman–Crippen LogP) is 4.14. The number of nitrogens with one attached hydrogen (secondary N) is 2. The van der Waals surface area contributed by atoms with E-state index in [4.69, 9.17) is 4.42 Å². The van der Waals surface area contributed by atoms with Crippen LogP contribution in [-0.4, -0.2) is 27.9 Å². The molecule has 1 saturated carbocycles. The van der Waals surface area contributed by atoms with Gasteiger partial charge in [0.1, 0.15) is 17.2 Å². The molecule has 0 unspecified atom stereocenters. The van der Waals surface area contributed by atoms with Gasteiger partial charge in [0.15, 0.2) is 5.58 Å². The molecule has 28 heavy (non-hydrogen) atoms. The molecule has 7 heteroatoms. The fraction of sp³-hybridized carbons (Fsp3) is 0.238. The molecule has 2 N–H and O–H groups in total. The van der Waals surface area contributed by atoms with Gasteiger partial charge in [-0.1, -0.05) is 6.07 Å². The molecule has 0 bridgehead atoms. The lowest BCUT2D eigenvalue weighted by Gasteiger charge is -2.10. The van der Waals surface area contributed by atoms with E-state index in [1.54, 1.807) is 12.4 Å². The summed E-state index contributed by atoms with van der Waals surface area (Å²) in [6, 6.07) is 7.76. The number of aryl methyl sites for hydroxylation is 1. The summed E-state index contributed by atoms with van der Waals surface area (Å²) in [7, 11) is 1.81. The number of pyridine rings is 2. The average molecular weight is 373 g/mol. The van der Waals surface area contributed by atoms with Crippen LogP contribution < -0.4 is 10.6 Å². The number of rotatable bonds is 4. The first-order chi connectivity index (χ1) is 13.6. The topological polar surface area (TPSA) is 92.9 Å². The van der Waals surface area contributed by atoms with Crippen LogP contribution in [-0.2, 0) is 4.79 Å². The van der Waals surface area contributed by atoms with Gasteiger partial charge in [-0.3, -0.25) is 4.79 Å². The molecular formula is C21H19N5O2. The van der Waals surface area contributed by atoms with Gasteiger partial charge in [-0.25, -0.2) is 15.0 Å². The molecule has 1 aliphatic rings. The highest BCUT2D eigenvalue weighted by Gasteiger charge is 2.30. The standard InChI is InChI=1S/C21H19N5O2/c1-11-3-6-17-16(7-11)25-21(28-17)15-10-24-19(22-2)14-9-23-18(8-13(14)15)26-20(27)12-4-5-12/h3,6-10,12H,4-5H2,1-2H3,(H,22,24)(H,23,26,27). The van der Waals surface area contributed by atoms with Crippen LogP contribution in [0.15, 0.2) is 41.1 Å². The van der Waals surface area contributed by atoms with Crippen LogP contribution in [0.1, 0.15) is 18.4 Å². The van der Waals surface area contributed by atoms with Gasteiger partial charge in [-0.05, 0) is 43.5 Å². The summed E-state index contributed by atoms with van der Waals surface area (Å²) < 4.78 is 5.98. The molecule has 1 fully saturated rings. The minimum absolute atomic E-state index is 0.0219. The number of fused-ring (bicyclic) bond motifs is 2. The number of benzene rings is 1. The average Bonchev–Trinajstić information content (AvgIpc) is 3.47. The number of aromatic nitrogens is 3. The first-order valence-corrected chi connectivity index (χ1v) is 9.27. The van der Waals surface area contributed by atoms with Gasteiger partial charge >= 0.3 is 0 Å². The summed E-state index contributed by atoms with van der Waals surface area (Å²) in [4.78, 5) is 25.6. The van der Waals surface area contributed by atoms with E-state index < -0.39 is 0 Å². The third kappa shape index (κ3) is 2.85. The summed E-state index contributed by atoms with van der Waals surface area (Å²) >= 11 is 0. The first-order valence-electron chi connectivity index (χ1n) is 9.27. The van der Waals surface area contributed by atoms with Crippen LogP contribution >= 0.6 is 0 Å². The molecule has 5 rings (SSSR count). The highest BCUT2D eigenvalue weighted by Crippen LogP contribution is 2.35. The van der Waals surface area contributed by atoms with Crippen molar-refractivity contribution in [1.82, 2.24) is 15.0 Å². The minimum Gasteiger partial charge on any atom is -0.436 e. The van der Waals surface area contributed by atoms with Crippen LogP contribution in [0.25, 0.3) is 33.3 Å². The van der Waals surface area contributed by atoms with Crippen molar-refractivity contribution in [3.05, 3.63) is 42.2 Å². The molecule has 0 spiro atoms. The van der Waals surface area contributed by atoms with Crippen molar-refractivity contribution < 1.29 is 9.21 Å². The van der Waals surface area contributed by atoms with E-state index in [1.165, 1.54) is 0 Å². The number of anilines is 2. The quantitative estimate of drug-likeness (QED) is 0.558. The number of carbonyl (C=O) groups excluding carboxylic acids is 1. The third-order valence-corrected chi connectivity index (χ3v) is 4.98. The Morgan fingerprint density at radius 2 is 2.00 bits per heavy atom. The van der Waals surface area contributed by atoms with E-state index in [0.717, 1.165) is 45.8 Å². The Balaban J connectivity index is 1.66. The molecule has 4 aromatic rings. The molecule has 3 heterocycles. The summed E-state index contributed by atoms with van der Waals surface area (Å²) in [6.07, 6.45) is 5.34. The van der Waals surface area contributed by atoms with Gasteiger partial charge < -0.3 is 15.1 Å². The molecule has 3 aromatic heterocycles. The molecule has 1 amide bonds. The zero-order chi connectivity index (χ0) is 19.3. The lowest BCUT2D eigenvalue weighted by atomic mass is 10.1. The second-order valence-electron chi connectivity index (χ2n) is 7.14. The molecule has 140 valence electrons. The number of hydrogen-bond donors (Lipinski definition) is 2. The summed E-state index contributed by atoms with van der Waals surface area (Å²) in [5, 5.41) is 7.69. The van der Waals surface area contributed by atoms with Crippen LogP contribution in [0, 0.1) is 12.8 Å². The van der Waals surface area contributed by atoms with E-state index in [2.05, 4.69) is 25.6 Å². The smallest absolute Gasteiger partial charge is 0.229 e. The largest absolute Gasteiger partial charge is 0.436 e. The lowest BCUT2D eigenvalue weighted by molar-refractivity contribution is -0.117. The van der Waals surface area contributed by atoms with Crippen molar-refractivity contribution in [2.24, 2.45) is 5.92 Å². The third-order valence-electron chi connectivity index (χ3n) is 4.98. The maximum absolute atomic E-state index is 12.1. The van der Waals surface area contributed by atoms with Gasteiger partial charge in [0, 0.05) is 36.1 Å². The second-order valence-corrected chi connectivity index (χ2v) is 7.14. The maximum Gasteiger partial charge on any atom is 0.229 e. The van der Waals surface area contributed by atoms with Crippen LogP contribution in [0.3, 0.4) is 0 Å². The summed E-state index contributed by atoms with van der Waals surface area (Å²) in [6.45, 7) is 2.02. The Morgan fingerprint density at radius 1 is 1.14 bits per heavy atom. The maximum atomic E-state index is 12.1. The van der Waals surface area contributed by atoms with Crippen LogP contribution in [0.4, 0.5) is 11.6 Å². The van der Waals surface area contributed by atoms with Gasteiger partial charge in [-0.2, -0.15) is 0 Å². The van der Waals surface area contributed by atoms with E-state index >= 15 is 0 Å². The molecule has 1 aromatic carbocycles. The van der Waals surface area contributed by atoms with Crippen molar-refractivity contribution in [2.75, 3.05) is 17.7 Å². The van der Waals surface area contributed by atoms with Gasteiger partial charge in [0.05, 0.1) is 5.56 Å². The van der Waals surface area contributed by atoms with Crippen molar-refractivity contribution in [3.8, 4) is 11.5 Å². The molecule has 0 atom stereocenters. The Hall–Kier alpha value is -3.48. The molecule has 0 saturated heterocycles. The first kappa shape index (κ1) is 16.7. The van der Waals surface area contributed by atoms with E-state index in [-0.39, 0.29) is 11.8 Å². The summed E-state index contributed by atoms with van der Waals surface area (Å²) in [5.41, 5.74) is 3.40.